The first-order valence-electron chi connectivity index (χ1n) is 6.04. The topological polar surface area (TPSA) is 60.9 Å². The lowest BCUT2D eigenvalue weighted by Gasteiger charge is -2.35. The summed E-state index contributed by atoms with van der Waals surface area (Å²) < 4.78 is 0.943. The second-order valence-corrected chi connectivity index (χ2v) is 5.92. The highest BCUT2D eigenvalue weighted by Crippen LogP contribution is 2.44. The van der Waals surface area contributed by atoms with Crippen LogP contribution in [0.25, 0.3) is 0 Å². The van der Waals surface area contributed by atoms with E-state index in [1.54, 1.807) is 4.90 Å². The number of benzene rings is 1. The fraction of sp³-hybridized carbons (Fsp3) is 0.385. The Labute approximate surface area is 118 Å². The largest absolute Gasteiger partial charge is 0.481 e. The van der Waals surface area contributed by atoms with Crippen LogP contribution in [-0.2, 0) is 9.59 Å². The molecule has 19 heavy (non-hydrogen) atoms. The maximum Gasteiger partial charge on any atom is 0.308 e. The number of carboxylic acid groups (broad SMARTS) is 1. The zero-order valence-corrected chi connectivity index (χ0v) is 11.9. The van der Waals surface area contributed by atoms with Crippen LogP contribution in [0.15, 0.2) is 22.7 Å². The van der Waals surface area contributed by atoms with Crippen LogP contribution >= 0.6 is 15.9 Å². The number of anilines is 2. The van der Waals surface area contributed by atoms with Crippen molar-refractivity contribution in [1.29, 1.82) is 0 Å². The number of carbonyl (C=O) groups is 2. The summed E-state index contributed by atoms with van der Waals surface area (Å²) in [5.41, 5.74) is 1.75. The second kappa shape index (κ2) is 4.23. The number of amides is 1. The van der Waals surface area contributed by atoms with Crippen LogP contribution in [0.4, 0.5) is 11.4 Å². The Morgan fingerprint density at radius 3 is 2.79 bits per heavy atom. The van der Waals surface area contributed by atoms with E-state index in [0.29, 0.717) is 6.42 Å². The van der Waals surface area contributed by atoms with Crippen molar-refractivity contribution in [2.24, 2.45) is 5.92 Å². The summed E-state index contributed by atoms with van der Waals surface area (Å²) >= 11 is 3.42. The third kappa shape index (κ3) is 2.00. The average Bonchev–Trinajstić information content (AvgIpc) is 3.10. The zero-order chi connectivity index (χ0) is 13.7. The molecule has 0 aromatic heterocycles. The van der Waals surface area contributed by atoms with E-state index in [9.17, 15) is 9.59 Å². The number of halogens is 1. The van der Waals surface area contributed by atoms with E-state index in [4.69, 9.17) is 5.11 Å². The molecule has 1 fully saturated rings. The van der Waals surface area contributed by atoms with Gasteiger partial charge < -0.3 is 14.9 Å². The highest BCUT2D eigenvalue weighted by atomic mass is 79.9. The summed E-state index contributed by atoms with van der Waals surface area (Å²) in [5, 5.41) is 9.03. The van der Waals surface area contributed by atoms with Crippen molar-refractivity contribution in [2.75, 3.05) is 23.4 Å². The van der Waals surface area contributed by atoms with Gasteiger partial charge in [-0.3, -0.25) is 9.59 Å². The minimum Gasteiger partial charge on any atom is -0.481 e. The summed E-state index contributed by atoms with van der Waals surface area (Å²) in [7, 11) is 1.86. The number of aliphatic carboxylic acids is 1. The fourth-order valence-electron chi connectivity index (χ4n) is 2.60. The number of carboxylic acids is 1. The van der Waals surface area contributed by atoms with Crippen LogP contribution in [0.3, 0.4) is 0 Å². The number of rotatable bonds is 2. The van der Waals surface area contributed by atoms with Crippen molar-refractivity contribution in [3.8, 4) is 0 Å². The standard InChI is InChI=1S/C13H13BrN2O3/c1-15-6-12(17)16(10-5-8(10)13(18)19)9-3-2-7(14)4-11(9)15/h2-4,8,10H,5-6H2,1H3,(H,18,19). The fourth-order valence-corrected chi connectivity index (χ4v) is 2.95. The van der Waals surface area contributed by atoms with Gasteiger partial charge in [-0.2, -0.15) is 0 Å². The molecule has 0 bridgehead atoms. The SMILES string of the molecule is CN1CC(=O)N(C2CC2C(=O)O)c2ccc(Br)cc21. The Balaban J connectivity index is 2.00. The molecule has 3 rings (SSSR count). The molecule has 6 heteroatoms. The molecule has 0 radical (unpaired) electrons. The Kier molecular flexibility index (Phi) is 2.78. The molecule has 1 aromatic rings. The van der Waals surface area contributed by atoms with Crippen molar-refractivity contribution >= 4 is 39.2 Å². The molecule has 2 aliphatic rings. The molecule has 0 saturated heterocycles. The predicted octanol–water partition coefficient (Wildman–Crippen LogP) is 1.70. The molecule has 1 aliphatic heterocycles. The summed E-state index contributed by atoms with van der Waals surface area (Å²) in [4.78, 5) is 26.7. The first-order chi connectivity index (χ1) is 8.99. The van der Waals surface area contributed by atoms with E-state index >= 15 is 0 Å². The van der Waals surface area contributed by atoms with Gasteiger partial charge in [-0.25, -0.2) is 0 Å². The summed E-state index contributed by atoms with van der Waals surface area (Å²) in [6.45, 7) is 0.284. The zero-order valence-electron chi connectivity index (χ0n) is 10.3. The monoisotopic (exact) mass is 324 g/mol. The highest BCUT2D eigenvalue weighted by Gasteiger charge is 2.50. The predicted molar refractivity (Wildman–Crippen MR) is 74.4 cm³/mol. The molecule has 100 valence electrons. The maximum absolute atomic E-state index is 12.2. The molecule has 1 N–H and O–H groups in total. The Morgan fingerprint density at radius 1 is 1.42 bits per heavy atom. The number of hydrogen-bond donors (Lipinski definition) is 1. The number of nitrogens with zero attached hydrogens (tertiary/aromatic N) is 2. The highest BCUT2D eigenvalue weighted by molar-refractivity contribution is 9.10. The van der Waals surface area contributed by atoms with Crippen molar-refractivity contribution in [1.82, 2.24) is 0 Å². The lowest BCUT2D eigenvalue weighted by molar-refractivity contribution is -0.138. The van der Waals surface area contributed by atoms with Crippen LogP contribution in [-0.4, -0.2) is 36.6 Å². The van der Waals surface area contributed by atoms with Gasteiger partial charge >= 0.3 is 5.97 Å². The molecule has 5 nitrogen and oxygen atoms in total. The number of hydrogen-bond acceptors (Lipinski definition) is 3. The number of fused-ring (bicyclic) bond motifs is 1. The smallest absolute Gasteiger partial charge is 0.308 e. The van der Waals surface area contributed by atoms with E-state index < -0.39 is 11.9 Å². The second-order valence-electron chi connectivity index (χ2n) is 5.00. The van der Waals surface area contributed by atoms with Crippen LogP contribution in [0.1, 0.15) is 6.42 Å². The van der Waals surface area contributed by atoms with Crippen molar-refractivity contribution < 1.29 is 14.7 Å². The minimum absolute atomic E-state index is 0.0360. The lowest BCUT2D eigenvalue weighted by atomic mass is 10.1. The van der Waals surface area contributed by atoms with Gasteiger partial charge in [0.25, 0.3) is 0 Å². The van der Waals surface area contributed by atoms with Crippen LogP contribution in [0.2, 0.25) is 0 Å². The van der Waals surface area contributed by atoms with Gasteiger partial charge in [-0.1, -0.05) is 15.9 Å². The van der Waals surface area contributed by atoms with Gasteiger partial charge in [0, 0.05) is 11.5 Å². The normalized spacial score (nSPS) is 25.3. The number of likely N-dealkylation sites (N-methyl/N-ethyl adjacent to an activating group) is 1. The van der Waals surface area contributed by atoms with E-state index in [-0.39, 0.29) is 18.5 Å². The summed E-state index contributed by atoms with van der Waals surface area (Å²) in [6, 6.07) is 5.49. The van der Waals surface area contributed by atoms with E-state index in [1.165, 1.54) is 0 Å². The van der Waals surface area contributed by atoms with Crippen molar-refractivity contribution in [3.63, 3.8) is 0 Å². The molecule has 2 atom stereocenters. The van der Waals surface area contributed by atoms with Gasteiger partial charge in [0.2, 0.25) is 5.91 Å². The first-order valence-corrected chi connectivity index (χ1v) is 6.84. The summed E-state index contributed by atoms with van der Waals surface area (Å²) in [5.74, 6) is -1.29. The van der Waals surface area contributed by atoms with Crippen molar-refractivity contribution in [3.05, 3.63) is 22.7 Å². The molecular weight excluding hydrogens is 312 g/mol. The molecule has 1 saturated carbocycles. The van der Waals surface area contributed by atoms with E-state index in [0.717, 1.165) is 15.8 Å². The van der Waals surface area contributed by atoms with Gasteiger partial charge in [0.1, 0.15) is 0 Å². The van der Waals surface area contributed by atoms with Crippen LogP contribution < -0.4 is 9.80 Å². The van der Waals surface area contributed by atoms with Gasteiger partial charge in [-0.05, 0) is 24.6 Å². The minimum atomic E-state index is -0.824. The lowest BCUT2D eigenvalue weighted by Crippen LogP contribution is -2.46. The van der Waals surface area contributed by atoms with Gasteiger partial charge in [-0.15, -0.1) is 0 Å². The number of carbonyl (C=O) groups excluding carboxylic acids is 1. The first kappa shape index (κ1) is 12.5. The molecule has 1 heterocycles. The Morgan fingerprint density at radius 2 is 2.16 bits per heavy atom. The third-order valence-corrected chi connectivity index (χ3v) is 4.15. The molecule has 1 amide bonds. The Hall–Kier alpha value is -1.56. The van der Waals surface area contributed by atoms with Crippen molar-refractivity contribution in [2.45, 2.75) is 12.5 Å². The van der Waals surface area contributed by atoms with Gasteiger partial charge in [0.15, 0.2) is 0 Å². The van der Waals surface area contributed by atoms with Crippen LogP contribution in [0.5, 0.6) is 0 Å². The molecule has 0 spiro atoms. The Bertz CT molecular complexity index is 575. The third-order valence-electron chi connectivity index (χ3n) is 3.65. The van der Waals surface area contributed by atoms with Crippen LogP contribution in [0, 0.1) is 5.92 Å². The molecule has 1 aliphatic carbocycles. The van der Waals surface area contributed by atoms with E-state index in [2.05, 4.69) is 15.9 Å². The molecular formula is C13H13BrN2O3. The average molecular weight is 325 g/mol. The van der Waals surface area contributed by atoms with E-state index in [1.807, 2.05) is 30.1 Å². The van der Waals surface area contributed by atoms with Gasteiger partial charge in [0.05, 0.1) is 29.9 Å². The quantitative estimate of drug-likeness (QED) is 0.899. The summed E-state index contributed by atoms with van der Waals surface area (Å²) in [6.07, 6.45) is 0.542. The molecule has 2 unspecified atom stereocenters. The maximum atomic E-state index is 12.2. The molecule has 1 aromatic carbocycles.